The van der Waals surface area contributed by atoms with Crippen molar-refractivity contribution in [2.75, 3.05) is 14.1 Å². The van der Waals surface area contributed by atoms with E-state index >= 15 is 0 Å². The molecule has 0 saturated carbocycles. The van der Waals surface area contributed by atoms with Crippen molar-refractivity contribution >= 4 is 21.8 Å². The molecule has 0 heterocycles. The van der Waals surface area contributed by atoms with E-state index in [-0.39, 0.29) is 5.91 Å². The molecule has 0 aliphatic carbocycles. The van der Waals surface area contributed by atoms with Gasteiger partial charge in [0.15, 0.2) is 6.10 Å². The summed E-state index contributed by atoms with van der Waals surface area (Å²) in [5, 5.41) is 5.63. The maximum absolute atomic E-state index is 11.4. The van der Waals surface area contributed by atoms with Crippen molar-refractivity contribution in [1.29, 1.82) is 0 Å². The van der Waals surface area contributed by atoms with Crippen molar-refractivity contribution in [2.24, 2.45) is 0 Å². The summed E-state index contributed by atoms with van der Waals surface area (Å²) < 4.78 is 6.62. The standard InChI is InChI=1S/C12H17BrN2O2/c1-8(12(16)15-3)17-11-5-4-10(13)6-9(11)7-14-2/h4-6,8,14H,7H2,1-3H3,(H,15,16). The number of halogens is 1. The first kappa shape index (κ1) is 14.0. The molecular formula is C12H17BrN2O2. The van der Waals surface area contributed by atoms with Crippen LogP contribution in [-0.2, 0) is 11.3 Å². The number of likely N-dealkylation sites (N-methyl/N-ethyl adjacent to an activating group) is 1. The Morgan fingerprint density at radius 2 is 2.18 bits per heavy atom. The van der Waals surface area contributed by atoms with Gasteiger partial charge in [-0.3, -0.25) is 4.79 Å². The fourth-order valence-electron chi connectivity index (χ4n) is 1.44. The van der Waals surface area contributed by atoms with Gasteiger partial charge in [-0.15, -0.1) is 0 Å². The molecule has 0 bridgehead atoms. The maximum Gasteiger partial charge on any atom is 0.260 e. The molecule has 4 nitrogen and oxygen atoms in total. The molecule has 1 rings (SSSR count). The highest BCUT2D eigenvalue weighted by atomic mass is 79.9. The van der Waals surface area contributed by atoms with Gasteiger partial charge in [-0.1, -0.05) is 15.9 Å². The van der Waals surface area contributed by atoms with Gasteiger partial charge in [0, 0.05) is 23.6 Å². The van der Waals surface area contributed by atoms with Gasteiger partial charge in [0.1, 0.15) is 5.75 Å². The zero-order chi connectivity index (χ0) is 12.8. The van der Waals surface area contributed by atoms with Gasteiger partial charge in [-0.05, 0) is 32.2 Å². The van der Waals surface area contributed by atoms with E-state index in [1.54, 1.807) is 14.0 Å². The molecule has 0 aliphatic heterocycles. The summed E-state index contributed by atoms with van der Waals surface area (Å²) in [6.07, 6.45) is -0.503. The fourth-order valence-corrected chi connectivity index (χ4v) is 1.85. The number of carbonyl (C=O) groups excluding carboxylic acids is 1. The van der Waals surface area contributed by atoms with Crippen molar-refractivity contribution in [2.45, 2.75) is 19.6 Å². The van der Waals surface area contributed by atoms with E-state index in [1.165, 1.54) is 0 Å². The Balaban J connectivity index is 2.85. The quantitative estimate of drug-likeness (QED) is 0.870. The third-order valence-corrected chi connectivity index (χ3v) is 2.80. The summed E-state index contributed by atoms with van der Waals surface area (Å²) in [7, 11) is 3.46. The van der Waals surface area contributed by atoms with Crippen LogP contribution >= 0.6 is 15.9 Å². The summed E-state index contributed by atoms with van der Waals surface area (Å²) in [6, 6.07) is 5.73. The predicted octanol–water partition coefficient (Wildman–Crippen LogP) is 1.68. The van der Waals surface area contributed by atoms with Crippen LogP contribution in [0.3, 0.4) is 0 Å². The second-order valence-electron chi connectivity index (χ2n) is 3.66. The van der Waals surface area contributed by atoms with Crippen LogP contribution in [0, 0.1) is 0 Å². The maximum atomic E-state index is 11.4. The monoisotopic (exact) mass is 300 g/mol. The molecule has 1 aromatic rings. The molecular weight excluding hydrogens is 284 g/mol. The molecule has 5 heteroatoms. The highest BCUT2D eigenvalue weighted by molar-refractivity contribution is 9.10. The lowest BCUT2D eigenvalue weighted by Crippen LogP contribution is -2.34. The number of rotatable bonds is 5. The predicted molar refractivity (Wildman–Crippen MR) is 71.1 cm³/mol. The van der Waals surface area contributed by atoms with Crippen LogP contribution in [0.4, 0.5) is 0 Å². The first-order valence-electron chi connectivity index (χ1n) is 5.39. The first-order valence-corrected chi connectivity index (χ1v) is 6.19. The average molecular weight is 301 g/mol. The third-order valence-electron chi connectivity index (χ3n) is 2.31. The number of benzene rings is 1. The summed E-state index contributed by atoms with van der Waals surface area (Å²) in [4.78, 5) is 11.4. The van der Waals surface area contributed by atoms with E-state index in [0.29, 0.717) is 6.54 Å². The number of amides is 1. The molecule has 1 amide bonds. The normalized spacial score (nSPS) is 12.0. The summed E-state index contributed by atoms with van der Waals surface area (Å²) in [5.74, 6) is 0.585. The summed E-state index contributed by atoms with van der Waals surface area (Å²) in [6.45, 7) is 2.42. The lowest BCUT2D eigenvalue weighted by molar-refractivity contribution is -0.126. The van der Waals surface area contributed by atoms with E-state index in [1.807, 2.05) is 25.2 Å². The van der Waals surface area contributed by atoms with Gasteiger partial charge in [0.2, 0.25) is 0 Å². The lowest BCUT2D eigenvalue weighted by Gasteiger charge is -2.16. The molecule has 0 fully saturated rings. The van der Waals surface area contributed by atoms with Crippen LogP contribution in [0.15, 0.2) is 22.7 Å². The molecule has 17 heavy (non-hydrogen) atoms. The largest absolute Gasteiger partial charge is 0.481 e. The minimum absolute atomic E-state index is 0.136. The Morgan fingerprint density at radius 1 is 1.47 bits per heavy atom. The molecule has 94 valence electrons. The second kappa shape index (κ2) is 6.61. The molecule has 0 aliphatic rings. The fraction of sp³-hybridized carbons (Fsp3) is 0.417. The molecule has 2 N–H and O–H groups in total. The van der Waals surface area contributed by atoms with Gasteiger partial charge < -0.3 is 15.4 Å². The Kier molecular flexibility index (Phi) is 5.44. The van der Waals surface area contributed by atoms with Crippen molar-refractivity contribution in [3.63, 3.8) is 0 Å². The van der Waals surface area contributed by atoms with Crippen LogP contribution in [0.1, 0.15) is 12.5 Å². The average Bonchev–Trinajstić information content (AvgIpc) is 2.31. The van der Waals surface area contributed by atoms with Gasteiger partial charge in [-0.25, -0.2) is 0 Å². The van der Waals surface area contributed by atoms with Crippen molar-refractivity contribution in [1.82, 2.24) is 10.6 Å². The molecule has 0 spiro atoms. The molecule has 1 atom stereocenters. The highest BCUT2D eigenvalue weighted by Gasteiger charge is 2.14. The van der Waals surface area contributed by atoms with Crippen molar-refractivity contribution < 1.29 is 9.53 Å². The van der Waals surface area contributed by atoms with Crippen LogP contribution in [0.5, 0.6) is 5.75 Å². The highest BCUT2D eigenvalue weighted by Crippen LogP contribution is 2.24. The molecule has 0 aromatic heterocycles. The SMILES string of the molecule is CNCc1cc(Br)ccc1OC(C)C(=O)NC. The van der Waals surface area contributed by atoms with Crippen LogP contribution in [-0.4, -0.2) is 26.1 Å². The smallest absolute Gasteiger partial charge is 0.260 e. The number of hydrogen-bond acceptors (Lipinski definition) is 3. The van der Waals surface area contributed by atoms with Gasteiger partial charge in [0.05, 0.1) is 0 Å². The van der Waals surface area contributed by atoms with Crippen molar-refractivity contribution in [3.8, 4) is 5.75 Å². The lowest BCUT2D eigenvalue weighted by atomic mass is 10.2. The number of nitrogens with one attached hydrogen (secondary N) is 2. The van der Waals surface area contributed by atoms with E-state index < -0.39 is 6.10 Å². The Hall–Kier alpha value is -1.07. The molecule has 1 unspecified atom stereocenters. The van der Waals surface area contributed by atoms with Crippen molar-refractivity contribution in [3.05, 3.63) is 28.2 Å². The van der Waals surface area contributed by atoms with E-state index in [0.717, 1.165) is 15.8 Å². The Bertz CT molecular complexity index is 396. The third kappa shape index (κ3) is 4.02. The topological polar surface area (TPSA) is 50.4 Å². The summed E-state index contributed by atoms with van der Waals surface area (Å²) in [5.41, 5.74) is 1.01. The van der Waals surface area contributed by atoms with E-state index in [4.69, 9.17) is 4.74 Å². The molecule has 0 radical (unpaired) electrons. The zero-order valence-electron chi connectivity index (χ0n) is 10.2. The number of carbonyl (C=O) groups is 1. The Morgan fingerprint density at radius 3 is 2.76 bits per heavy atom. The van der Waals surface area contributed by atoms with Gasteiger partial charge in [0.25, 0.3) is 5.91 Å². The zero-order valence-corrected chi connectivity index (χ0v) is 11.8. The minimum Gasteiger partial charge on any atom is -0.481 e. The Labute approximate surface area is 110 Å². The molecule has 0 saturated heterocycles. The van der Waals surface area contributed by atoms with E-state index in [9.17, 15) is 4.79 Å². The minimum atomic E-state index is -0.503. The van der Waals surface area contributed by atoms with Crippen LogP contribution in [0.25, 0.3) is 0 Å². The number of ether oxygens (including phenoxy) is 1. The molecule has 1 aromatic carbocycles. The van der Waals surface area contributed by atoms with E-state index in [2.05, 4.69) is 26.6 Å². The van der Waals surface area contributed by atoms with Crippen LogP contribution < -0.4 is 15.4 Å². The van der Waals surface area contributed by atoms with Gasteiger partial charge >= 0.3 is 0 Å². The van der Waals surface area contributed by atoms with Gasteiger partial charge in [-0.2, -0.15) is 0 Å². The second-order valence-corrected chi connectivity index (χ2v) is 4.57. The summed E-state index contributed by atoms with van der Waals surface area (Å²) >= 11 is 3.41. The first-order chi connectivity index (χ1) is 8.08. The van der Waals surface area contributed by atoms with Crippen LogP contribution in [0.2, 0.25) is 0 Å². The number of hydrogen-bond donors (Lipinski definition) is 2.